The van der Waals surface area contributed by atoms with Crippen molar-refractivity contribution in [1.82, 2.24) is 9.88 Å². The number of aromatic nitrogens is 1. The van der Waals surface area contributed by atoms with E-state index in [-0.39, 0.29) is 10.1 Å². The second kappa shape index (κ2) is 6.55. The molecule has 0 aliphatic heterocycles. The Labute approximate surface area is 138 Å². The fourth-order valence-corrected chi connectivity index (χ4v) is 7.74. The molecule has 0 saturated carbocycles. The van der Waals surface area contributed by atoms with Gasteiger partial charge in [-0.25, -0.2) is 13.6 Å². The maximum Gasteiger partial charge on any atom is 0.194 e. The monoisotopic (exact) mass is 365 g/mol. The van der Waals surface area contributed by atoms with Crippen LogP contribution in [0.15, 0.2) is 21.3 Å². The fraction of sp³-hybridized carbons (Fsp3) is 0.643. The third-order valence-corrected chi connectivity index (χ3v) is 12.1. The molecule has 1 unspecified atom stereocenters. The quantitative estimate of drug-likeness (QED) is 0.591. The lowest BCUT2D eigenvalue weighted by atomic mass is 10.2. The first-order chi connectivity index (χ1) is 9.76. The summed E-state index contributed by atoms with van der Waals surface area (Å²) in [7, 11) is 4.20. The highest BCUT2D eigenvalue weighted by molar-refractivity contribution is 8.16. The summed E-state index contributed by atoms with van der Waals surface area (Å²) < 4.78 is 31.4. The Bertz CT molecular complexity index is 665. The van der Waals surface area contributed by atoms with Crippen molar-refractivity contribution in [3.05, 3.63) is 23.6 Å². The van der Waals surface area contributed by atoms with Crippen LogP contribution in [0.25, 0.3) is 0 Å². The molecule has 1 atom stereocenters. The topological polar surface area (TPSA) is 45.6 Å². The minimum absolute atomic E-state index is 0.133. The van der Waals surface area contributed by atoms with E-state index < -0.39 is 23.0 Å². The molecular formula is C14H25ClFN3OSSi. The van der Waals surface area contributed by atoms with Crippen molar-refractivity contribution in [2.45, 2.75) is 50.5 Å². The van der Waals surface area contributed by atoms with E-state index in [1.165, 1.54) is 12.3 Å². The van der Waals surface area contributed by atoms with E-state index in [1.54, 1.807) is 0 Å². The van der Waals surface area contributed by atoms with Crippen molar-refractivity contribution in [2.24, 2.45) is 4.03 Å². The Hall–Kier alpha value is -0.503. The zero-order valence-corrected chi connectivity index (χ0v) is 16.8. The number of hydrogen-bond donors (Lipinski definition) is 0. The highest BCUT2D eigenvalue weighted by atomic mass is 35.7. The van der Waals surface area contributed by atoms with Crippen LogP contribution in [0.2, 0.25) is 18.1 Å². The van der Waals surface area contributed by atoms with Gasteiger partial charge in [0.2, 0.25) is 0 Å². The Balaban J connectivity index is 3.33. The molecule has 0 fully saturated rings. The van der Waals surface area contributed by atoms with Gasteiger partial charge in [-0.1, -0.05) is 20.8 Å². The van der Waals surface area contributed by atoms with Crippen molar-refractivity contribution in [3.8, 4) is 0 Å². The van der Waals surface area contributed by atoms with Gasteiger partial charge in [-0.05, 0) is 43.9 Å². The highest BCUT2D eigenvalue weighted by Gasteiger charge is 2.38. The molecule has 0 N–H and O–H groups in total. The lowest BCUT2D eigenvalue weighted by Gasteiger charge is -2.32. The van der Waals surface area contributed by atoms with Crippen molar-refractivity contribution < 1.29 is 8.60 Å². The summed E-state index contributed by atoms with van der Waals surface area (Å²) in [5.41, 5.74) is 0.699. The zero-order valence-electron chi connectivity index (χ0n) is 14.3. The van der Waals surface area contributed by atoms with E-state index in [9.17, 15) is 8.60 Å². The molecule has 0 radical (unpaired) electrons. The molecule has 1 heterocycles. The van der Waals surface area contributed by atoms with Gasteiger partial charge in [0.1, 0.15) is 0 Å². The van der Waals surface area contributed by atoms with Gasteiger partial charge >= 0.3 is 0 Å². The Morgan fingerprint density at radius 1 is 1.41 bits per heavy atom. The average Bonchev–Trinajstić information content (AvgIpc) is 2.24. The summed E-state index contributed by atoms with van der Waals surface area (Å²) in [5, 5.41) is -0.396. The molecule has 0 aromatic carbocycles. The van der Waals surface area contributed by atoms with Gasteiger partial charge in [0, 0.05) is 23.4 Å². The minimum Gasteiger partial charge on any atom is -0.305 e. The summed E-state index contributed by atoms with van der Waals surface area (Å²) in [5.74, 6) is -0.665. The second-order valence-electron chi connectivity index (χ2n) is 7.23. The molecule has 1 rings (SSSR count). The molecule has 1 aromatic rings. The predicted octanol–water partition coefficient (Wildman–Crippen LogP) is 4.27. The number of rotatable bonds is 4. The Kier molecular flexibility index (Phi) is 5.82. The first-order valence-electron chi connectivity index (χ1n) is 7.03. The lowest BCUT2D eigenvalue weighted by Crippen LogP contribution is -2.36. The summed E-state index contributed by atoms with van der Waals surface area (Å²) in [4.78, 5) is 5.89. The maximum atomic E-state index is 14.3. The molecular weight excluding hydrogens is 341 g/mol. The number of pyridine rings is 1. The lowest BCUT2D eigenvalue weighted by molar-refractivity contribution is 0.400. The van der Waals surface area contributed by atoms with E-state index in [2.05, 4.69) is 9.01 Å². The summed E-state index contributed by atoms with van der Waals surface area (Å²) in [6.45, 7) is 10.6. The van der Waals surface area contributed by atoms with Crippen LogP contribution in [0.4, 0.5) is 4.39 Å². The van der Waals surface area contributed by atoms with Crippen LogP contribution in [0.3, 0.4) is 0 Å². The Morgan fingerprint density at radius 3 is 2.36 bits per heavy atom. The molecule has 0 aliphatic carbocycles. The smallest absolute Gasteiger partial charge is 0.194 e. The molecule has 8 heteroatoms. The van der Waals surface area contributed by atoms with Crippen LogP contribution in [0.5, 0.6) is 0 Å². The molecule has 0 bridgehead atoms. The third kappa shape index (κ3) is 4.74. The van der Waals surface area contributed by atoms with Crippen LogP contribution < -0.4 is 0 Å². The van der Waals surface area contributed by atoms with E-state index in [4.69, 9.17) is 10.7 Å². The van der Waals surface area contributed by atoms with Gasteiger partial charge < -0.3 is 4.90 Å². The molecule has 126 valence electrons. The van der Waals surface area contributed by atoms with Crippen LogP contribution >= 0.6 is 10.7 Å². The molecule has 0 saturated heterocycles. The van der Waals surface area contributed by atoms with Gasteiger partial charge in [-0.3, -0.25) is 4.03 Å². The van der Waals surface area contributed by atoms with E-state index in [0.717, 1.165) is 0 Å². The van der Waals surface area contributed by atoms with E-state index in [0.29, 0.717) is 12.1 Å². The van der Waals surface area contributed by atoms with Crippen molar-refractivity contribution in [1.29, 1.82) is 0 Å². The van der Waals surface area contributed by atoms with Gasteiger partial charge in [0.25, 0.3) is 0 Å². The normalized spacial score (nSPS) is 15.7. The summed E-state index contributed by atoms with van der Waals surface area (Å²) in [6.07, 6.45) is 1.50. The van der Waals surface area contributed by atoms with Gasteiger partial charge in [0.05, 0.1) is 0 Å². The minimum atomic E-state index is -3.37. The van der Waals surface area contributed by atoms with Gasteiger partial charge in [-0.2, -0.15) is 0 Å². The SMILES string of the molecule is CN(C)Cc1cnc(S(=O)(Cl)=N[Si](C)(C)C(C)(C)C)c(F)c1. The molecule has 22 heavy (non-hydrogen) atoms. The van der Waals surface area contributed by atoms with Crippen LogP contribution in [0.1, 0.15) is 26.3 Å². The van der Waals surface area contributed by atoms with Gasteiger partial charge in [0.15, 0.2) is 28.0 Å². The number of nitrogens with zero attached hydrogens (tertiary/aromatic N) is 3. The number of halogens is 2. The van der Waals surface area contributed by atoms with Crippen molar-refractivity contribution in [2.75, 3.05) is 14.1 Å². The molecule has 4 nitrogen and oxygen atoms in total. The molecule has 0 spiro atoms. The second-order valence-corrected chi connectivity index (χ2v) is 15.1. The van der Waals surface area contributed by atoms with Crippen molar-refractivity contribution >= 4 is 27.9 Å². The summed E-state index contributed by atoms with van der Waals surface area (Å²) in [6, 6.07) is 1.32. The van der Waals surface area contributed by atoms with Crippen molar-refractivity contribution in [3.63, 3.8) is 0 Å². The number of hydrogen-bond acceptors (Lipinski definition) is 4. The van der Waals surface area contributed by atoms with Crippen LogP contribution in [-0.4, -0.2) is 36.4 Å². The first-order valence-corrected chi connectivity index (χ1v) is 12.3. The largest absolute Gasteiger partial charge is 0.305 e. The van der Waals surface area contributed by atoms with E-state index >= 15 is 0 Å². The summed E-state index contributed by atoms with van der Waals surface area (Å²) >= 11 is 0. The maximum absolute atomic E-state index is 14.3. The molecule has 0 amide bonds. The first kappa shape index (κ1) is 19.5. The zero-order chi connectivity index (χ0) is 17.3. The molecule has 1 aromatic heterocycles. The van der Waals surface area contributed by atoms with E-state index in [1.807, 2.05) is 52.9 Å². The standard InChI is InChI=1S/C14H25ClFN3OSSi/c1-14(2,3)22(6,7)18-21(15,20)13-12(16)8-11(9-17-13)10-19(4)5/h8-9H,10H2,1-7H3. The average molecular weight is 366 g/mol. The third-order valence-electron chi connectivity index (χ3n) is 3.78. The predicted molar refractivity (Wildman–Crippen MR) is 93.5 cm³/mol. The molecule has 0 aliphatic rings. The van der Waals surface area contributed by atoms with Gasteiger partial charge in [-0.15, -0.1) is 0 Å². The Morgan fingerprint density at radius 2 is 1.95 bits per heavy atom. The highest BCUT2D eigenvalue weighted by Crippen LogP contribution is 2.39. The van der Waals surface area contributed by atoms with Crippen LogP contribution in [-0.2, 0) is 15.5 Å². The fourth-order valence-electron chi connectivity index (χ4n) is 1.58. The van der Waals surface area contributed by atoms with Crippen LogP contribution in [0, 0.1) is 5.82 Å².